The Morgan fingerprint density at radius 2 is 1.83 bits per heavy atom. The number of benzene rings is 2. The molecule has 0 bridgehead atoms. The highest BCUT2D eigenvalue weighted by atomic mass is 32.2. The number of hydrogen-bond acceptors (Lipinski definition) is 6. The standard InChI is InChI=1S/C26H23N3O5S/c1-18-9-10-24-27-22(14-25(30)29(24)15-18)17-34-26(31)20-7-4-8-23(13-20)35(32,33)28-12-11-19-5-2-3-6-21(19)16-28/h2-10,13-15H,11-12,16-17H2,1H3. The first-order valence-electron chi connectivity index (χ1n) is 11.1. The molecule has 0 saturated heterocycles. The summed E-state index contributed by atoms with van der Waals surface area (Å²) in [5.41, 5.74) is 3.63. The maximum Gasteiger partial charge on any atom is 0.338 e. The summed E-state index contributed by atoms with van der Waals surface area (Å²) in [7, 11) is -3.79. The molecule has 0 amide bonds. The van der Waals surface area contributed by atoms with Crippen molar-refractivity contribution in [3.05, 3.63) is 111 Å². The molecule has 0 spiro atoms. The molecule has 5 rings (SSSR count). The number of ether oxygens (including phenoxy) is 1. The number of fused-ring (bicyclic) bond motifs is 2. The second-order valence-electron chi connectivity index (χ2n) is 8.48. The third-order valence-corrected chi connectivity index (χ3v) is 7.86. The molecule has 8 nitrogen and oxygen atoms in total. The van der Waals surface area contributed by atoms with E-state index in [1.54, 1.807) is 12.3 Å². The van der Waals surface area contributed by atoms with Crippen molar-refractivity contribution in [1.29, 1.82) is 0 Å². The fourth-order valence-electron chi connectivity index (χ4n) is 4.16. The summed E-state index contributed by atoms with van der Waals surface area (Å²) in [6.45, 7) is 2.32. The minimum atomic E-state index is -3.79. The normalized spacial score (nSPS) is 14.0. The van der Waals surface area contributed by atoms with Gasteiger partial charge in [0, 0.05) is 25.4 Å². The Bertz CT molecular complexity index is 1610. The van der Waals surface area contributed by atoms with E-state index in [2.05, 4.69) is 4.98 Å². The van der Waals surface area contributed by atoms with E-state index in [-0.39, 0.29) is 29.2 Å². The molecule has 0 N–H and O–H groups in total. The van der Waals surface area contributed by atoms with Crippen molar-refractivity contribution in [2.24, 2.45) is 0 Å². The molecule has 0 aliphatic carbocycles. The fourth-order valence-corrected chi connectivity index (χ4v) is 5.63. The second kappa shape index (κ2) is 9.09. The number of aromatic nitrogens is 2. The number of nitrogens with zero attached hydrogens (tertiary/aromatic N) is 3. The molecular formula is C26H23N3O5S. The lowest BCUT2D eigenvalue weighted by molar-refractivity contribution is 0.0467. The van der Waals surface area contributed by atoms with E-state index in [4.69, 9.17) is 4.74 Å². The van der Waals surface area contributed by atoms with Crippen LogP contribution in [0.3, 0.4) is 0 Å². The van der Waals surface area contributed by atoms with Crippen LogP contribution in [0.5, 0.6) is 0 Å². The Labute approximate surface area is 202 Å². The molecule has 2 aromatic heterocycles. The van der Waals surface area contributed by atoms with Gasteiger partial charge in [0.25, 0.3) is 5.56 Å². The Morgan fingerprint density at radius 1 is 1.03 bits per heavy atom. The Balaban J connectivity index is 1.32. The van der Waals surface area contributed by atoms with Gasteiger partial charge in [0.1, 0.15) is 12.3 Å². The van der Waals surface area contributed by atoms with Gasteiger partial charge in [0.05, 0.1) is 16.2 Å². The minimum absolute atomic E-state index is 0.0313. The lowest BCUT2D eigenvalue weighted by atomic mass is 10.0. The van der Waals surface area contributed by atoms with E-state index in [1.165, 1.54) is 39.0 Å². The van der Waals surface area contributed by atoms with Crippen molar-refractivity contribution in [2.45, 2.75) is 31.4 Å². The number of rotatable bonds is 5. The Morgan fingerprint density at radius 3 is 2.66 bits per heavy atom. The van der Waals surface area contributed by atoms with Gasteiger partial charge in [-0.3, -0.25) is 9.20 Å². The van der Waals surface area contributed by atoms with Gasteiger partial charge in [-0.05, 0) is 54.3 Å². The number of esters is 1. The first-order valence-corrected chi connectivity index (χ1v) is 12.6. The summed E-state index contributed by atoms with van der Waals surface area (Å²) >= 11 is 0. The zero-order valence-corrected chi connectivity index (χ0v) is 19.9. The Hall–Kier alpha value is -3.82. The molecule has 2 aromatic carbocycles. The third kappa shape index (κ3) is 4.60. The minimum Gasteiger partial charge on any atom is -0.456 e. The van der Waals surface area contributed by atoms with Gasteiger partial charge in [0.15, 0.2) is 0 Å². The highest BCUT2D eigenvalue weighted by molar-refractivity contribution is 7.89. The fraction of sp³-hybridized carbons (Fsp3) is 0.192. The Kier molecular flexibility index (Phi) is 5.96. The molecule has 178 valence electrons. The second-order valence-corrected chi connectivity index (χ2v) is 10.4. The van der Waals surface area contributed by atoms with Crippen LogP contribution in [0.4, 0.5) is 0 Å². The van der Waals surface area contributed by atoms with Crippen LogP contribution in [-0.4, -0.2) is 34.6 Å². The van der Waals surface area contributed by atoms with Crippen molar-refractivity contribution < 1.29 is 17.9 Å². The summed E-state index contributed by atoms with van der Waals surface area (Å²) in [6.07, 6.45) is 2.32. The first-order chi connectivity index (χ1) is 16.8. The molecule has 0 unspecified atom stereocenters. The number of carbonyl (C=O) groups is 1. The molecule has 3 heterocycles. The quantitative estimate of drug-likeness (QED) is 0.400. The van der Waals surface area contributed by atoms with Gasteiger partial charge >= 0.3 is 5.97 Å². The van der Waals surface area contributed by atoms with Crippen LogP contribution >= 0.6 is 0 Å². The summed E-state index contributed by atoms with van der Waals surface area (Å²) in [5.74, 6) is -0.697. The molecule has 4 aromatic rings. The van der Waals surface area contributed by atoms with E-state index in [0.717, 1.165) is 16.7 Å². The molecule has 9 heteroatoms. The van der Waals surface area contributed by atoms with Crippen molar-refractivity contribution in [3.8, 4) is 0 Å². The summed E-state index contributed by atoms with van der Waals surface area (Å²) in [5, 5.41) is 0. The zero-order chi connectivity index (χ0) is 24.6. The number of aryl methyl sites for hydroxylation is 1. The van der Waals surface area contributed by atoms with E-state index in [0.29, 0.717) is 24.3 Å². The first kappa shape index (κ1) is 22.9. The van der Waals surface area contributed by atoms with Crippen LogP contribution < -0.4 is 5.56 Å². The molecule has 0 radical (unpaired) electrons. The van der Waals surface area contributed by atoms with Crippen LogP contribution in [0.2, 0.25) is 0 Å². The number of sulfonamides is 1. The number of pyridine rings is 1. The van der Waals surface area contributed by atoms with Crippen LogP contribution in [0.25, 0.3) is 5.65 Å². The lowest BCUT2D eigenvalue weighted by Crippen LogP contribution is -2.36. The van der Waals surface area contributed by atoms with Crippen molar-refractivity contribution in [2.75, 3.05) is 6.54 Å². The smallest absolute Gasteiger partial charge is 0.338 e. The van der Waals surface area contributed by atoms with Gasteiger partial charge in [-0.1, -0.05) is 36.4 Å². The van der Waals surface area contributed by atoms with E-state index in [1.807, 2.05) is 37.3 Å². The van der Waals surface area contributed by atoms with Gasteiger partial charge in [-0.15, -0.1) is 0 Å². The predicted molar refractivity (Wildman–Crippen MR) is 130 cm³/mol. The number of carbonyl (C=O) groups excluding carboxylic acids is 1. The maximum atomic E-state index is 13.3. The lowest BCUT2D eigenvalue weighted by Gasteiger charge is -2.28. The van der Waals surface area contributed by atoms with Crippen molar-refractivity contribution in [3.63, 3.8) is 0 Å². The van der Waals surface area contributed by atoms with Crippen LogP contribution in [-0.2, 0) is 34.3 Å². The maximum absolute atomic E-state index is 13.3. The average molecular weight is 490 g/mol. The van der Waals surface area contributed by atoms with Crippen LogP contribution in [0.15, 0.2) is 82.6 Å². The SMILES string of the molecule is Cc1ccc2nc(COC(=O)c3cccc(S(=O)(=O)N4CCc5ccccc5C4)c3)cc(=O)n2c1. The molecule has 1 aliphatic rings. The van der Waals surface area contributed by atoms with Gasteiger partial charge in [-0.25, -0.2) is 18.2 Å². The molecule has 0 fully saturated rings. The molecule has 0 atom stereocenters. The average Bonchev–Trinajstić information content (AvgIpc) is 2.87. The topological polar surface area (TPSA) is 98.0 Å². The molecule has 0 saturated carbocycles. The zero-order valence-electron chi connectivity index (χ0n) is 19.0. The summed E-state index contributed by atoms with van der Waals surface area (Å²) in [6, 6.07) is 18.5. The largest absolute Gasteiger partial charge is 0.456 e. The van der Waals surface area contributed by atoms with Gasteiger partial charge in [0.2, 0.25) is 10.0 Å². The molecular weight excluding hydrogens is 466 g/mol. The highest BCUT2D eigenvalue weighted by Gasteiger charge is 2.28. The predicted octanol–water partition coefficient (Wildman–Crippen LogP) is 3.11. The molecule has 35 heavy (non-hydrogen) atoms. The van der Waals surface area contributed by atoms with Crippen molar-refractivity contribution in [1.82, 2.24) is 13.7 Å². The van der Waals surface area contributed by atoms with Crippen molar-refractivity contribution >= 4 is 21.6 Å². The van der Waals surface area contributed by atoms with E-state index >= 15 is 0 Å². The monoisotopic (exact) mass is 489 g/mol. The van der Waals surface area contributed by atoms with Gasteiger partial charge in [-0.2, -0.15) is 4.31 Å². The van der Waals surface area contributed by atoms with Crippen LogP contribution in [0, 0.1) is 6.92 Å². The van der Waals surface area contributed by atoms with Gasteiger partial charge < -0.3 is 4.74 Å². The third-order valence-electron chi connectivity index (χ3n) is 6.01. The summed E-state index contributed by atoms with van der Waals surface area (Å²) < 4.78 is 34.7. The molecule has 1 aliphatic heterocycles. The number of hydrogen-bond donors (Lipinski definition) is 0. The van der Waals surface area contributed by atoms with E-state index in [9.17, 15) is 18.0 Å². The van der Waals surface area contributed by atoms with E-state index < -0.39 is 16.0 Å². The van der Waals surface area contributed by atoms with Crippen LogP contribution in [0.1, 0.15) is 32.7 Å². The highest BCUT2D eigenvalue weighted by Crippen LogP contribution is 2.25. The summed E-state index contributed by atoms with van der Waals surface area (Å²) in [4.78, 5) is 29.4.